The molecule has 1 fully saturated rings. The predicted octanol–water partition coefficient (Wildman–Crippen LogP) is 0.814. The van der Waals surface area contributed by atoms with Crippen molar-refractivity contribution in [3.8, 4) is 6.07 Å². The summed E-state index contributed by atoms with van der Waals surface area (Å²) in [5.74, 6) is 0.841. The van der Waals surface area contributed by atoms with Gasteiger partial charge in [0.15, 0.2) is 0 Å². The molecule has 1 unspecified atom stereocenters. The molecule has 2 aromatic heterocycles. The van der Waals surface area contributed by atoms with Gasteiger partial charge in [-0.2, -0.15) is 5.26 Å². The van der Waals surface area contributed by atoms with Crippen molar-refractivity contribution in [2.45, 2.75) is 12.8 Å². The van der Waals surface area contributed by atoms with Gasteiger partial charge in [0.25, 0.3) is 0 Å². The summed E-state index contributed by atoms with van der Waals surface area (Å²) in [6.07, 6.45) is 4.52. The number of amides is 1. The van der Waals surface area contributed by atoms with Crippen LogP contribution in [0.25, 0.3) is 11.0 Å². The molecule has 108 valence electrons. The first-order valence-corrected chi connectivity index (χ1v) is 6.97. The molecule has 3 heterocycles. The molecule has 0 saturated carbocycles. The van der Waals surface area contributed by atoms with Crippen molar-refractivity contribution < 1.29 is 4.79 Å². The molecular formula is C14H16N6O. The first-order valence-electron chi connectivity index (χ1n) is 6.97. The van der Waals surface area contributed by atoms with Crippen molar-refractivity contribution in [1.82, 2.24) is 20.3 Å². The molecule has 0 spiro atoms. The molecule has 0 aliphatic carbocycles. The predicted molar refractivity (Wildman–Crippen MR) is 77.4 cm³/mol. The lowest BCUT2D eigenvalue weighted by molar-refractivity contribution is -0.124. The molecule has 0 aromatic carbocycles. The molecule has 1 atom stereocenters. The summed E-state index contributed by atoms with van der Waals surface area (Å²) in [5.41, 5.74) is 0.807. The van der Waals surface area contributed by atoms with E-state index in [0.29, 0.717) is 19.5 Å². The van der Waals surface area contributed by atoms with Crippen LogP contribution in [0.3, 0.4) is 0 Å². The average molecular weight is 284 g/mol. The smallest absolute Gasteiger partial charge is 0.225 e. The van der Waals surface area contributed by atoms with Gasteiger partial charge in [0.1, 0.15) is 17.8 Å². The maximum atomic E-state index is 12.0. The summed E-state index contributed by atoms with van der Waals surface area (Å²) in [7, 11) is 0. The Hall–Kier alpha value is -2.62. The molecule has 7 heteroatoms. The second-order valence-corrected chi connectivity index (χ2v) is 5.07. The summed E-state index contributed by atoms with van der Waals surface area (Å²) in [5, 5.41) is 12.3. The lowest BCUT2D eigenvalue weighted by Gasteiger charge is -2.17. The van der Waals surface area contributed by atoms with Crippen LogP contribution >= 0.6 is 0 Å². The number of H-pyrrole nitrogens is 1. The van der Waals surface area contributed by atoms with Crippen LogP contribution in [0, 0.1) is 17.2 Å². The van der Waals surface area contributed by atoms with Crippen LogP contribution in [0.15, 0.2) is 18.6 Å². The highest BCUT2D eigenvalue weighted by atomic mass is 16.1. The summed E-state index contributed by atoms with van der Waals surface area (Å²) >= 11 is 0. The molecule has 1 amide bonds. The minimum Gasteiger partial charge on any atom is -0.355 e. The minimum atomic E-state index is -0.0485. The topological polar surface area (TPSA) is 97.7 Å². The molecule has 1 aliphatic rings. The van der Waals surface area contributed by atoms with Gasteiger partial charge < -0.3 is 15.2 Å². The number of nitrogens with zero attached hydrogens (tertiary/aromatic N) is 4. The van der Waals surface area contributed by atoms with Crippen molar-refractivity contribution in [1.29, 1.82) is 5.26 Å². The van der Waals surface area contributed by atoms with Crippen LogP contribution in [-0.2, 0) is 4.79 Å². The van der Waals surface area contributed by atoms with Crippen LogP contribution in [0.5, 0.6) is 0 Å². The number of anilines is 1. The van der Waals surface area contributed by atoms with Gasteiger partial charge in [0.05, 0.1) is 23.8 Å². The zero-order chi connectivity index (χ0) is 14.7. The SMILES string of the molecule is N#CCCNC(=O)C1CCN(c2ncnc3[nH]ccc23)C1. The number of aromatic nitrogens is 3. The second kappa shape index (κ2) is 5.79. The van der Waals surface area contributed by atoms with E-state index in [1.165, 1.54) is 6.33 Å². The fourth-order valence-corrected chi connectivity index (χ4v) is 2.66. The van der Waals surface area contributed by atoms with E-state index in [1.807, 2.05) is 18.3 Å². The largest absolute Gasteiger partial charge is 0.355 e. The maximum absolute atomic E-state index is 12.0. The van der Waals surface area contributed by atoms with Gasteiger partial charge in [-0.1, -0.05) is 0 Å². The van der Waals surface area contributed by atoms with Gasteiger partial charge in [-0.25, -0.2) is 9.97 Å². The molecule has 0 radical (unpaired) electrons. The van der Waals surface area contributed by atoms with E-state index in [4.69, 9.17) is 5.26 Å². The summed E-state index contributed by atoms with van der Waals surface area (Å²) in [6.45, 7) is 1.87. The van der Waals surface area contributed by atoms with Crippen molar-refractivity contribution in [2.24, 2.45) is 5.92 Å². The molecule has 7 nitrogen and oxygen atoms in total. The highest BCUT2D eigenvalue weighted by molar-refractivity contribution is 5.88. The van der Waals surface area contributed by atoms with Crippen LogP contribution in [0.4, 0.5) is 5.82 Å². The first kappa shape index (κ1) is 13.4. The van der Waals surface area contributed by atoms with E-state index in [1.54, 1.807) is 0 Å². The van der Waals surface area contributed by atoms with Gasteiger partial charge in [0.2, 0.25) is 5.91 Å². The maximum Gasteiger partial charge on any atom is 0.225 e. The lowest BCUT2D eigenvalue weighted by atomic mass is 10.1. The average Bonchev–Trinajstić information content (AvgIpc) is 3.16. The number of nitriles is 1. The Kier molecular flexibility index (Phi) is 3.69. The molecule has 3 rings (SSSR count). The van der Waals surface area contributed by atoms with Crippen LogP contribution in [0.2, 0.25) is 0 Å². The Labute approximate surface area is 122 Å². The number of carbonyl (C=O) groups is 1. The van der Waals surface area contributed by atoms with E-state index in [2.05, 4.69) is 25.2 Å². The van der Waals surface area contributed by atoms with Crippen LogP contribution in [-0.4, -0.2) is 40.5 Å². The van der Waals surface area contributed by atoms with Gasteiger partial charge in [-0.05, 0) is 12.5 Å². The monoisotopic (exact) mass is 284 g/mol. The van der Waals surface area contributed by atoms with Crippen molar-refractivity contribution in [3.63, 3.8) is 0 Å². The molecule has 2 aromatic rings. The number of rotatable bonds is 4. The number of carbonyl (C=O) groups excluding carboxylic acids is 1. The summed E-state index contributed by atoms with van der Waals surface area (Å²) in [4.78, 5) is 25.7. The van der Waals surface area contributed by atoms with Crippen molar-refractivity contribution >= 4 is 22.8 Å². The zero-order valence-electron chi connectivity index (χ0n) is 11.5. The number of nitrogens with one attached hydrogen (secondary N) is 2. The Balaban J connectivity index is 1.68. The third kappa shape index (κ3) is 2.65. The Morgan fingerprint density at radius 3 is 3.33 bits per heavy atom. The standard InChI is InChI=1S/C14H16N6O/c15-4-1-5-17-14(21)10-3-7-20(8-10)13-11-2-6-16-12(11)18-9-19-13/h2,6,9-10H,1,3,5,7-8H2,(H,17,21)(H,16,18,19). The summed E-state index contributed by atoms with van der Waals surface area (Å²) in [6, 6.07) is 3.97. The number of fused-ring (bicyclic) bond motifs is 1. The van der Waals surface area contributed by atoms with Gasteiger partial charge in [0, 0.05) is 25.8 Å². The van der Waals surface area contributed by atoms with E-state index in [0.717, 1.165) is 29.8 Å². The second-order valence-electron chi connectivity index (χ2n) is 5.07. The molecule has 2 N–H and O–H groups in total. The zero-order valence-corrected chi connectivity index (χ0v) is 11.5. The number of hydrogen-bond donors (Lipinski definition) is 2. The Morgan fingerprint density at radius 1 is 1.57 bits per heavy atom. The van der Waals surface area contributed by atoms with Crippen LogP contribution in [0.1, 0.15) is 12.8 Å². The fourth-order valence-electron chi connectivity index (χ4n) is 2.66. The normalized spacial score (nSPS) is 17.9. The minimum absolute atomic E-state index is 0.0205. The van der Waals surface area contributed by atoms with Gasteiger partial charge >= 0.3 is 0 Å². The molecule has 21 heavy (non-hydrogen) atoms. The lowest BCUT2D eigenvalue weighted by Crippen LogP contribution is -2.33. The van der Waals surface area contributed by atoms with Gasteiger partial charge in [-0.3, -0.25) is 4.79 Å². The highest BCUT2D eigenvalue weighted by Crippen LogP contribution is 2.27. The Morgan fingerprint density at radius 2 is 2.48 bits per heavy atom. The van der Waals surface area contributed by atoms with E-state index >= 15 is 0 Å². The first-order chi connectivity index (χ1) is 10.3. The molecule has 1 saturated heterocycles. The third-order valence-electron chi connectivity index (χ3n) is 3.73. The van der Waals surface area contributed by atoms with E-state index in [9.17, 15) is 4.79 Å². The molecule has 1 aliphatic heterocycles. The number of aromatic amines is 1. The molecular weight excluding hydrogens is 268 g/mol. The third-order valence-corrected chi connectivity index (χ3v) is 3.73. The summed E-state index contributed by atoms with van der Waals surface area (Å²) < 4.78 is 0. The fraction of sp³-hybridized carbons (Fsp3) is 0.429. The highest BCUT2D eigenvalue weighted by Gasteiger charge is 2.29. The quantitative estimate of drug-likeness (QED) is 0.810. The van der Waals surface area contributed by atoms with E-state index < -0.39 is 0 Å². The number of hydrogen-bond acceptors (Lipinski definition) is 5. The van der Waals surface area contributed by atoms with Crippen molar-refractivity contribution in [3.05, 3.63) is 18.6 Å². The molecule has 0 bridgehead atoms. The van der Waals surface area contributed by atoms with Crippen molar-refractivity contribution in [2.75, 3.05) is 24.5 Å². The van der Waals surface area contributed by atoms with Gasteiger partial charge in [-0.15, -0.1) is 0 Å². The van der Waals surface area contributed by atoms with Crippen LogP contribution < -0.4 is 10.2 Å². The van der Waals surface area contributed by atoms with E-state index in [-0.39, 0.29) is 11.8 Å². The Bertz CT molecular complexity index is 688.